The second-order valence-corrected chi connectivity index (χ2v) is 6.03. The minimum absolute atomic E-state index is 0.102. The Morgan fingerprint density at radius 1 is 1.27 bits per heavy atom. The van der Waals surface area contributed by atoms with Crippen LogP contribution in [0.25, 0.3) is 0 Å². The normalized spacial score (nSPS) is 10.9. The zero-order valence-electron chi connectivity index (χ0n) is 13.3. The van der Waals surface area contributed by atoms with Crippen LogP contribution in [0.2, 0.25) is 0 Å². The number of non-ortho nitro benzene ring substituents is 1. The highest BCUT2D eigenvalue weighted by atomic mass is 32.2. The molecular formula is C16H13N6O3S-. The number of nitrogens with zero attached hydrogens (tertiary/aromatic N) is 4. The third-order valence-corrected chi connectivity index (χ3v) is 4.17. The van der Waals surface area contributed by atoms with Gasteiger partial charge in [0, 0.05) is 17.9 Å². The van der Waals surface area contributed by atoms with Crippen LogP contribution in [-0.2, 0) is 5.75 Å². The molecule has 1 aromatic heterocycles. The molecule has 10 heteroatoms. The quantitative estimate of drug-likeness (QED) is 0.283. The molecule has 0 saturated carbocycles. The van der Waals surface area contributed by atoms with Crippen LogP contribution < -0.4 is 10.5 Å². The van der Waals surface area contributed by atoms with Crippen LogP contribution >= 0.6 is 11.8 Å². The Kier molecular flexibility index (Phi) is 5.44. The molecule has 0 atom stereocenters. The van der Waals surface area contributed by atoms with Gasteiger partial charge in [0.15, 0.2) is 0 Å². The lowest BCUT2D eigenvalue weighted by Gasteiger charge is -2.08. The predicted octanol–water partition coefficient (Wildman–Crippen LogP) is 2.52. The molecule has 0 fully saturated rings. The molecule has 0 aliphatic rings. The van der Waals surface area contributed by atoms with E-state index in [1.54, 1.807) is 0 Å². The zero-order chi connectivity index (χ0) is 18.4. The summed E-state index contributed by atoms with van der Waals surface area (Å²) in [5.41, 5.74) is 3.69. The maximum absolute atomic E-state index is 11.7. The molecule has 0 amide bonds. The van der Waals surface area contributed by atoms with E-state index in [1.807, 2.05) is 30.3 Å². The van der Waals surface area contributed by atoms with Gasteiger partial charge in [-0.15, -0.1) is 5.10 Å². The van der Waals surface area contributed by atoms with Crippen LogP contribution in [0.3, 0.4) is 0 Å². The SMILES string of the molecule is O=[N+]([O-])c1ccc([O-])c(/C=N\Nc2nc(SCc3ccccc3)n[nH]2)c1. The molecule has 9 nitrogen and oxygen atoms in total. The number of hydrazone groups is 1. The van der Waals surface area contributed by atoms with Crippen molar-refractivity contribution in [1.29, 1.82) is 0 Å². The first-order chi connectivity index (χ1) is 12.6. The van der Waals surface area contributed by atoms with E-state index >= 15 is 0 Å². The number of nitrogens with one attached hydrogen (secondary N) is 2. The standard InChI is InChI=1S/C16H14N6O3S/c23-14-7-6-13(22(24)25)8-12(14)9-17-19-15-18-16(21-20-15)26-10-11-4-2-1-3-5-11/h1-9,23H,10H2,(H2,18,19,20,21)/p-1/b17-9-. The number of aromatic amines is 1. The molecule has 0 aliphatic carbocycles. The third kappa shape index (κ3) is 4.57. The summed E-state index contributed by atoms with van der Waals surface area (Å²) in [7, 11) is 0. The van der Waals surface area contributed by atoms with Gasteiger partial charge in [-0.2, -0.15) is 10.1 Å². The largest absolute Gasteiger partial charge is 0.872 e. The van der Waals surface area contributed by atoms with Crippen molar-refractivity contribution < 1.29 is 10.0 Å². The summed E-state index contributed by atoms with van der Waals surface area (Å²) in [6.45, 7) is 0. The maximum atomic E-state index is 11.7. The summed E-state index contributed by atoms with van der Waals surface area (Å²) >= 11 is 1.46. The topological polar surface area (TPSA) is 132 Å². The van der Waals surface area contributed by atoms with Gasteiger partial charge in [-0.3, -0.25) is 10.1 Å². The highest BCUT2D eigenvalue weighted by Gasteiger charge is 2.06. The van der Waals surface area contributed by atoms with E-state index in [2.05, 4.69) is 25.7 Å². The van der Waals surface area contributed by atoms with Gasteiger partial charge < -0.3 is 5.11 Å². The molecule has 0 unspecified atom stereocenters. The number of H-pyrrole nitrogens is 1. The number of aromatic nitrogens is 3. The Bertz CT molecular complexity index is 929. The van der Waals surface area contributed by atoms with Crippen molar-refractivity contribution in [3.8, 4) is 5.75 Å². The molecule has 0 saturated heterocycles. The van der Waals surface area contributed by atoms with E-state index in [1.165, 1.54) is 18.0 Å². The molecule has 3 aromatic rings. The molecule has 3 rings (SSSR count). The number of rotatable bonds is 7. The van der Waals surface area contributed by atoms with E-state index in [0.717, 1.165) is 29.5 Å². The Morgan fingerprint density at radius 3 is 2.85 bits per heavy atom. The van der Waals surface area contributed by atoms with Crippen molar-refractivity contribution in [2.45, 2.75) is 10.9 Å². The van der Waals surface area contributed by atoms with E-state index in [4.69, 9.17) is 0 Å². The van der Waals surface area contributed by atoms with Crippen molar-refractivity contribution in [3.05, 3.63) is 69.8 Å². The number of nitro benzene ring substituents is 1. The summed E-state index contributed by atoms with van der Waals surface area (Å²) < 4.78 is 0. The Balaban J connectivity index is 1.58. The smallest absolute Gasteiger partial charge is 0.270 e. The average Bonchev–Trinajstić information content (AvgIpc) is 3.10. The molecule has 0 bridgehead atoms. The van der Waals surface area contributed by atoms with Crippen LogP contribution in [0, 0.1) is 10.1 Å². The van der Waals surface area contributed by atoms with Gasteiger partial charge in [-0.25, -0.2) is 10.5 Å². The fraction of sp³-hybridized carbons (Fsp3) is 0.0625. The second kappa shape index (κ2) is 8.12. The van der Waals surface area contributed by atoms with Gasteiger partial charge in [-0.1, -0.05) is 53.9 Å². The number of benzene rings is 2. The number of hydrogen-bond donors (Lipinski definition) is 2. The lowest BCUT2D eigenvalue weighted by Crippen LogP contribution is -1.99. The fourth-order valence-corrected chi connectivity index (χ4v) is 2.75. The van der Waals surface area contributed by atoms with Gasteiger partial charge in [0.25, 0.3) is 5.69 Å². The maximum Gasteiger partial charge on any atom is 0.270 e. The van der Waals surface area contributed by atoms with Gasteiger partial charge in [0.2, 0.25) is 11.1 Å². The first-order valence-corrected chi connectivity index (χ1v) is 8.44. The summed E-state index contributed by atoms with van der Waals surface area (Å²) in [4.78, 5) is 14.4. The van der Waals surface area contributed by atoms with Gasteiger partial charge in [-0.05, 0) is 11.1 Å². The highest BCUT2D eigenvalue weighted by molar-refractivity contribution is 7.98. The van der Waals surface area contributed by atoms with E-state index in [-0.39, 0.29) is 17.0 Å². The van der Waals surface area contributed by atoms with Crippen molar-refractivity contribution >= 4 is 29.6 Å². The van der Waals surface area contributed by atoms with E-state index in [9.17, 15) is 15.2 Å². The molecule has 26 heavy (non-hydrogen) atoms. The summed E-state index contributed by atoms with van der Waals surface area (Å²) in [5.74, 6) is 0.668. The fourth-order valence-electron chi connectivity index (χ4n) is 2.00. The highest BCUT2D eigenvalue weighted by Crippen LogP contribution is 2.20. The Hall–Kier alpha value is -3.40. The lowest BCUT2D eigenvalue weighted by molar-refractivity contribution is -0.385. The van der Waals surface area contributed by atoms with Gasteiger partial charge in [0.05, 0.1) is 11.1 Å². The molecular weight excluding hydrogens is 356 g/mol. The van der Waals surface area contributed by atoms with Gasteiger partial charge >= 0.3 is 0 Å². The summed E-state index contributed by atoms with van der Waals surface area (Å²) in [5, 5.41) is 33.6. The summed E-state index contributed by atoms with van der Waals surface area (Å²) in [6, 6.07) is 13.4. The molecule has 0 aliphatic heterocycles. The Morgan fingerprint density at radius 2 is 2.08 bits per heavy atom. The van der Waals surface area contributed by atoms with Crippen LogP contribution in [-0.4, -0.2) is 26.3 Å². The predicted molar refractivity (Wildman–Crippen MR) is 96.1 cm³/mol. The van der Waals surface area contributed by atoms with Crippen LogP contribution in [0.4, 0.5) is 11.6 Å². The summed E-state index contributed by atoms with van der Waals surface area (Å²) in [6.07, 6.45) is 1.20. The zero-order valence-corrected chi connectivity index (χ0v) is 14.1. The van der Waals surface area contributed by atoms with Crippen LogP contribution in [0.1, 0.15) is 11.1 Å². The number of hydrogen-bond acceptors (Lipinski definition) is 8. The molecule has 2 N–H and O–H groups in total. The van der Waals surface area contributed by atoms with Gasteiger partial charge in [0.1, 0.15) is 0 Å². The van der Waals surface area contributed by atoms with Crippen molar-refractivity contribution in [2.24, 2.45) is 5.10 Å². The molecule has 132 valence electrons. The number of anilines is 1. The molecule has 0 spiro atoms. The monoisotopic (exact) mass is 369 g/mol. The number of nitro groups is 1. The van der Waals surface area contributed by atoms with Crippen molar-refractivity contribution in [3.63, 3.8) is 0 Å². The van der Waals surface area contributed by atoms with Crippen LogP contribution in [0.5, 0.6) is 5.75 Å². The molecule has 0 radical (unpaired) electrons. The van der Waals surface area contributed by atoms with Crippen LogP contribution in [0.15, 0.2) is 58.8 Å². The second-order valence-electron chi connectivity index (χ2n) is 5.09. The lowest BCUT2D eigenvalue weighted by atomic mass is 10.2. The van der Waals surface area contributed by atoms with E-state index < -0.39 is 4.92 Å². The first-order valence-electron chi connectivity index (χ1n) is 7.45. The third-order valence-electron chi connectivity index (χ3n) is 3.25. The molecule has 1 heterocycles. The van der Waals surface area contributed by atoms with Crippen molar-refractivity contribution in [1.82, 2.24) is 15.2 Å². The molecule has 2 aromatic carbocycles. The first kappa shape index (κ1) is 17.4. The average molecular weight is 369 g/mol. The van der Waals surface area contributed by atoms with Crippen molar-refractivity contribution in [2.75, 3.05) is 5.43 Å². The van der Waals surface area contributed by atoms with E-state index in [0.29, 0.717) is 11.1 Å². The minimum atomic E-state index is -0.573. The Labute approximate surface area is 152 Å². The number of thioether (sulfide) groups is 1. The minimum Gasteiger partial charge on any atom is -0.872 e.